The minimum atomic E-state index is -2.84. The van der Waals surface area contributed by atoms with Gasteiger partial charge in [0.15, 0.2) is 0 Å². The van der Waals surface area contributed by atoms with Crippen LogP contribution in [0.5, 0.6) is 5.75 Å². The fourth-order valence-corrected chi connectivity index (χ4v) is 2.54. The van der Waals surface area contributed by atoms with Crippen molar-refractivity contribution in [3.8, 4) is 5.75 Å². The summed E-state index contributed by atoms with van der Waals surface area (Å²) in [5, 5.41) is 6.16. The molecule has 0 aliphatic carbocycles. The third-order valence-corrected chi connectivity index (χ3v) is 3.58. The van der Waals surface area contributed by atoms with Gasteiger partial charge < -0.3 is 15.4 Å². The van der Waals surface area contributed by atoms with Crippen molar-refractivity contribution in [1.29, 1.82) is 0 Å². The van der Waals surface area contributed by atoms with E-state index in [1.165, 1.54) is 12.1 Å². The molecule has 1 saturated heterocycles. The lowest BCUT2D eigenvalue weighted by molar-refractivity contribution is -0.126. The highest BCUT2D eigenvalue weighted by atomic mass is 35.5. The fourth-order valence-electron chi connectivity index (χ4n) is 2.54. The van der Waals surface area contributed by atoms with E-state index in [-0.39, 0.29) is 30.0 Å². The highest BCUT2D eigenvalue weighted by molar-refractivity contribution is 5.85. The Kier molecular flexibility index (Phi) is 7.55. The van der Waals surface area contributed by atoms with E-state index in [4.69, 9.17) is 0 Å². The molecule has 124 valence electrons. The molecule has 2 N–H and O–H groups in total. The van der Waals surface area contributed by atoms with Crippen LogP contribution in [-0.4, -0.2) is 25.1 Å². The summed E-state index contributed by atoms with van der Waals surface area (Å²) in [4.78, 5) is 12.1. The molecule has 1 fully saturated rings. The monoisotopic (exact) mass is 334 g/mol. The van der Waals surface area contributed by atoms with Crippen molar-refractivity contribution in [1.82, 2.24) is 10.6 Å². The van der Waals surface area contributed by atoms with Crippen LogP contribution in [0.2, 0.25) is 0 Å². The number of carbonyl (C=O) groups is 1. The van der Waals surface area contributed by atoms with Gasteiger partial charge in [-0.05, 0) is 44.0 Å². The van der Waals surface area contributed by atoms with Gasteiger partial charge in [0.05, 0.1) is 0 Å². The maximum Gasteiger partial charge on any atom is 0.387 e. The van der Waals surface area contributed by atoms with Crippen LogP contribution in [0.25, 0.3) is 0 Å². The first-order valence-corrected chi connectivity index (χ1v) is 7.09. The van der Waals surface area contributed by atoms with Crippen molar-refractivity contribution < 1.29 is 18.3 Å². The maximum absolute atomic E-state index is 12.1. The summed E-state index contributed by atoms with van der Waals surface area (Å²) in [6, 6.07) is 6.72. The van der Waals surface area contributed by atoms with E-state index in [9.17, 15) is 13.6 Å². The van der Waals surface area contributed by atoms with Gasteiger partial charge in [-0.2, -0.15) is 8.78 Å². The molecular formula is C15H21ClF2N2O2. The Balaban J connectivity index is 0.00000242. The zero-order valence-corrected chi connectivity index (χ0v) is 13.2. The van der Waals surface area contributed by atoms with Gasteiger partial charge in [-0.1, -0.05) is 12.1 Å². The van der Waals surface area contributed by atoms with Crippen LogP contribution in [0.3, 0.4) is 0 Å². The largest absolute Gasteiger partial charge is 0.435 e. The first-order valence-electron chi connectivity index (χ1n) is 7.09. The van der Waals surface area contributed by atoms with Gasteiger partial charge in [-0.3, -0.25) is 4.79 Å². The van der Waals surface area contributed by atoms with Crippen LogP contribution in [0.1, 0.15) is 25.3 Å². The molecule has 0 saturated carbocycles. The third-order valence-electron chi connectivity index (χ3n) is 3.58. The van der Waals surface area contributed by atoms with Crippen molar-refractivity contribution in [3.05, 3.63) is 29.8 Å². The summed E-state index contributed by atoms with van der Waals surface area (Å²) in [6.07, 6.45) is 1.64. The van der Waals surface area contributed by atoms with E-state index in [0.29, 0.717) is 12.6 Å². The quantitative estimate of drug-likeness (QED) is 0.870. The fraction of sp³-hybridized carbons (Fsp3) is 0.533. The first-order chi connectivity index (χ1) is 10.0. The van der Waals surface area contributed by atoms with E-state index in [2.05, 4.69) is 22.3 Å². The number of nitrogens with one attached hydrogen (secondary N) is 2. The summed E-state index contributed by atoms with van der Waals surface area (Å²) >= 11 is 0. The van der Waals surface area contributed by atoms with Gasteiger partial charge in [0, 0.05) is 18.5 Å². The van der Waals surface area contributed by atoms with E-state index >= 15 is 0 Å². The number of amides is 1. The molecule has 2 rings (SSSR count). The zero-order valence-electron chi connectivity index (χ0n) is 12.4. The lowest BCUT2D eigenvalue weighted by Gasteiger charge is -2.27. The van der Waals surface area contributed by atoms with E-state index in [0.717, 1.165) is 24.9 Å². The van der Waals surface area contributed by atoms with E-state index in [1.807, 2.05) is 0 Å². The Morgan fingerprint density at radius 1 is 1.50 bits per heavy atom. The molecule has 1 aliphatic rings. The van der Waals surface area contributed by atoms with Gasteiger partial charge in [0.2, 0.25) is 5.91 Å². The molecule has 0 bridgehead atoms. The molecular weight excluding hydrogens is 314 g/mol. The van der Waals surface area contributed by atoms with Crippen molar-refractivity contribution in [2.24, 2.45) is 5.92 Å². The zero-order chi connectivity index (χ0) is 15.2. The Morgan fingerprint density at radius 2 is 2.27 bits per heavy atom. The highest BCUT2D eigenvalue weighted by Gasteiger charge is 2.24. The Morgan fingerprint density at radius 3 is 2.95 bits per heavy atom. The number of carbonyl (C=O) groups excluding carboxylic acids is 1. The minimum Gasteiger partial charge on any atom is -0.435 e. The summed E-state index contributed by atoms with van der Waals surface area (Å²) < 4.78 is 28.6. The van der Waals surface area contributed by atoms with Crippen LogP contribution in [0, 0.1) is 5.92 Å². The SMILES string of the molecule is C[C@H]1C[C@@H](C(=O)NCc2cccc(OC(F)F)c2)CCN1.Cl. The van der Waals surface area contributed by atoms with E-state index in [1.54, 1.807) is 12.1 Å². The van der Waals surface area contributed by atoms with Crippen molar-refractivity contribution in [2.75, 3.05) is 6.54 Å². The van der Waals surface area contributed by atoms with Crippen LogP contribution >= 0.6 is 12.4 Å². The molecule has 1 aliphatic heterocycles. The van der Waals surface area contributed by atoms with Gasteiger partial charge in [0.1, 0.15) is 5.75 Å². The topological polar surface area (TPSA) is 50.4 Å². The first kappa shape index (κ1) is 18.6. The molecule has 0 aromatic heterocycles. The van der Waals surface area contributed by atoms with Crippen LogP contribution in [0.15, 0.2) is 24.3 Å². The van der Waals surface area contributed by atoms with Crippen molar-refractivity contribution in [2.45, 2.75) is 39.0 Å². The molecule has 0 radical (unpaired) electrons. The smallest absolute Gasteiger partial charge is 0.387 e. The average molecular weight is 335 g/mol. The number of alkyl halides is 2. The summed E-state index contributed by atoms with van der Waals surface area (Å²) in [6.45, 7) is 0.380. The van der Waals surface area contributed by atoms with E-state index < -0.39 is 6.61 Å². The third kappa shape index (κ3) is 5.77. The van der Waals surface area contributed by atoms with Crippen LogP contribution in [0.4, 0.5) is 8.78 Å². The van der Waals surface area contributed by atoms with Gasteiger partial charge in [-0.25, -0.2) is 0 Å². The molecule has 1 aromatic carbocycles. The minimum absolute atomic E-state index is 0. The average Bonchev–Trinajstić information content (AvgIpc) is 2.44. The normalized spacial score (nSPS) is 21.1. The summed E-state index contributed by atoms with van der Waals surface area (Å²) in [5.74, 6) is 0.137. The molecule has 22 heavy (non-hydrogen) atoms. The van der Waals surface area contributed by atoms with Gasteiger partial charge in [-0.15, -0.1) is 12.4 Å². The number of benzene rings is 1. The molecule has 0 unspecified atom stereocenters. The van der Waals surface area contributed by atoms with Crippen molar-refractivity contribution in [3.63, 3.8) is 0 Å². The number of hydrogen-bond acceptors (Lipinski definition) is 3. The standard InChI is InChI=1S/C15H20F2N2O2.ClH/c1-10-7-12(5-6-18-10)14(20)19-9-11-3-2-4-13(8-11)21-15(16)17;/h2-4,8,10,12,15,18H,5-7,9H2,1H3,(H,19,20);1H/t10-,12-;/m0./s1. The number of halogens is 3. The Hall–Kier alpha value is -1.40. The summed E-state index contributed by atoms with van der Waals surface area (Å²) in [7, 11) is 0. The number of piperidine rings is 1. The molecule has 0 spiro atoms. The predicted octanol–water partition coefficient (Wildman–Crippen LogP) is 2.71. The van der Waals surface area contributed by atoms with Crippen LogP contribution in [-0.2, 0) is 11.3 Å². The second-order valence-corrected chi connectivity index (χ2v) is 5.32. The predicted molar refractivity (Wildman–Crippen MR) is 82.4 cm³/mol. The number of hydrogen-bond donors (Lipinski definition) is 2. The Labute approximate surface area is 135 Å². The second kappa shape index (κ2) is 8.90. The molecule has 1 amide bonds. The highest BCUT2D eigenvalue weighted by Crippen LogP contribution is 2.18. The van der Waals surface area contributed by atoms with Gasteiger partial charge in [0.25, 0.3) is 0 Å². The second-order valence-electron chi connectivity index (χ2n) is 5.32. The summed E-state index contributed by atoms with van der Waals surface area (Å²) in [5.41, 5.74) is 0.739. The molecule has 4 nitrogen and oxygen atoms in total. The Bertz CT molecular complexity index is 488. The lowest BCUT2D eigenvalue weighted by Crippen LogP contribution is -2.42. The molecule has 1 aromatic rings. The lowest BCUT2D eigenvalue weighted by atomic mass is 9.92. The molecule has 7 heteroatoms. The molecule has 2 atom stereocenters. The number of ether oxygens (including phenoxy) is 1. The van der Waals surface area contributed by atoms with Crippen molar-refractivity contribution >= 4 is 18.3 Å². The maximum atomic E-state index is 12.1. The number of rotatable bonds is 5. The van der Waals surface area contributed by atoms with Crippen LogP contribution < -0.4 is 15.4 Å². The van der Waals surface area contributed by atoms with Gasteiger partial charge >= 0.3 is 6.61 Å². The molecule has 1 heterocycles.